The molecule has 0 bridgehead atoms. The van der Waals surface area contributed by atoms with Crippen molar-refractivity contribution in [1.29, 1.82) is 0 Å². The third-order valence-corrected chi connectivity index (χ3v) is 4.81. The zero-order chi connectivity index (χ0) is 17.0. The Morgan fingerprint density at radius 3 is 2.43 bits per heavy atom. The van der Waals surface area contributed by atoms with E-state index in [4.69, 9.17) is 11.6 Å². The van der Waals surface area contributed by atoms with Gasteiger partial charge in [-0.3, -0.25) is 4.79 Å². The van der Waals surface area contributed by atoms with Crippen LogP contribution in [0.4, 0.5) is 10.1 Å². The zero-order valence-corrected chi connectivity index (χ0v) is 13.7. The second kappa shape index (κ2) is 7.08. The third-order valence-electron chi connectivity index (χ3n) is 2.97. The van der Waals surface area contributed by atoms with Gasteiger partial charge in [0.05, 0.1) is 16.0 Å². The standard InChI is InChI=1S/C15H14ClFN2O3S/c1-10(19-23(21,22)12-5-3-2-4-6-12)15(20)18-11-7-8-14(17)13(16)9-11/h2-10,19H,1H3,(H,18,20). The fourth-order valence-corrected chi connectivity index (χ4v) is 3.18. The van der Waals surface area contributed by atoms with Crippen LogP contribution in [0.5, 0.6) is 0 Å². The van der Waals surface area contributed by atoms with E-state index in [1.54, 1.807) is 18.2 Å². The first-order valence-corrected chi connectivity index (χ1v) is 8.49. The van der Waals surface area contributed by atoms with Crippen LogP contribution in [0.3, 0.4) is 0 Å². The molecule has 1 amide bonds. The number of carbonyl (C=O) groups is 1. The number of anilines is 1. The first kappa shape index (κ1) is 17.4. The molecule has 2 rings (SSSR count). The van der Waals surface area contributed by atoms with Crippen molar-refractivity contribution >= 4 is 33.2 Å². The average molecular weight is 357 g/mol. The monoisotopic (exact) mass is 356 g/mol. The number of rotatable bonds is 5. The van der Waals surface area contributed by atoms with E-state index in [0.29, 0.717) is 0 Å². The molecular weight excluding hydrogens is 343 g/mol. The van der Waals surface area contributed by atoms with Crippen molar-refractivity contribution in [3.05, 3.63) is 59.4 Å². The van der Waals surface area contributed by atoms with Gasteiger partial charge in [-0.2, -0.15) is 4.72 Å². The molecular formula is C15H14ClFN2O3S. The SMILES string of the molecule is CC(NS(=O)(=O)c1ccccc1)C(=O)Nc1ccc(F)c(Cl)c1. The summed E-state index contributed by atoms with van der Waals surface area (Å²) >= 11 is 5.63. The van der Waals surface area contributed by atoms with Crippen molar-refractivity contribution in [2.75, 3.05) is 5.32 Å². The van der Waals surface area contributed by atoms with Crippen LogP contribution in [0, 0.1) is 5.82 Å². The van der Waals surface area contributed by atoms with Crippen LogP contribution in [-0.4, -0.2) is 20.4 Å². The van der Waals surface area contributed by atoms with E-state index in [9.17, 15) is 17.6 Å². The second-order valence-corrected chi connectivity index (χ2v) is 6.90. The van der Waals surface area contributed by atoms with E-state index in [2.05, 4.69) is 10.0 Å². The van der Waals surface area contributed by atoms with Crippen LogP contribution < -0.4 is 10.0 Å². The Morgan fingerprint density at radius 1 is 1.17 bits per heavy atom. The molecule has 0 aromatic heterocycles. The minimum atomic E-state index is -3.81. The summed E-state index contributed by atoms with van der Waals surface area (Å²) in [6.45, 7) is 1.40. The molecule has 0 spiro atoms. The summed E-state index contributed by atoms with van der Waals surface area (Å²) in [4.78, 5) is 12.1. The van der Waals surface area contributed by atoms with Crippen molar-refractivity contribution < 1.29 is 17.6 Å². The molecule has 5 nitrogen and oxygen atoms in total. The summed E-state index contributed by atoms with van der Waals surface area (Å²) in [6, 6.07) is 10.4. The smallest absolute Gasteiger partial charge is 0.242 e. The Bertz CT molecular complexity index is 813. The predicted octanol–water partition coefficient (Wildman–Crippen LogP) is 2.78. The lowest BCUT2D eigenvalue weighted by Crippen LogP contribution is -2.41. The lowest BCUT2D eigenvalue weighted by molar-refractivity contribution is -0.117. The topological polar surface area (TPSA) is 75.3 Å². The average Bonchev–Trinajstić information content (AvgIpc) is 2.51. The summed E-state index contributed by atoms with van der Waals surface area (Å²) in [5.41, 5.74) is 0.271. The van der Waals surface area contributed by atoms with E-state index < -0.39 is 27.8 Å². The van der Waals surface area contributed by atoms with Gasteiger partial charge in [-0.25, -0.2) is 12.8 Å². The van der Waals surface area contributed by atoms with Gasteiger partial charge >= 0.3 is 0 Å². The number of sulfonamides is 1. The highest BCUT2D eigenvalue weighted by atomic mass is 35.5. The molecule has 8 heteroatoms. The Morgan fingerprint density at radius 2 is 1.83 bits per heavy atom. The number of benzene rings is 2. The fraction of sp³-hybridized carbons (Fsp3) is 0.133. The molecule has 0 aliphatic rings. The third kappa shape index (κ3) is 4.51. The first-order valence-electron chi connectivity index (χ1n) is 6.63. The van der Waals surface area contributed by atoms with Crippen LogP contribution >= 0.6 is 11.6 Å². The van der Waals surface area contributed by atoms with E-state index in [1.165, 1.54) is 31.2 Å². The molecule has 0 saturated carbocycles. The molecule has 0 aliphatic carbocycles. The summed E-state index contributed by atoms with van der Waals surface area (Å²) in [5, 5.41) is 2.33. The highest BCUT2D eigenvalue weighted by Gasteiger charge is 2.22. The summed E-state index contributed by atoms with van der Waals surface area (Å²) in [5.74, 6) is -1.20. The van der Waals surface area contributed by atoms with E-state index in [-0.39, 0.29) is 15.6 Å². The molecule has 0 saturated heterocycles. The van der Waals surface area contributed by atoms with E-state index in [1.807, 2.05) is 0 Å². The normalized spacial score (nSPS) is 12.7. The molecule has 2 aromatic carbocycles. The Kier molecular flexibility index (Phi) is 5.35. The van der Waals surface area contributed by atoms with E-state index in [0.717, 1.165) is 6.07 Å². The van der Waals surface area contributed by atoms with Gasteiger partial charge in [-0.1, -0.05) is 29.8 Å². The van der Waals surface area contributed by atoms with Crippen molar-refractivity contribution in [1.82, 2.24) is 4.72 Å². The lowest BCUT2D eigenvalue weighted by Gasteiger charge is -2.14. The fourth-order valence-electron chi connectivity index (χ4n) is 1.78. The molecule has 0 fully saturated rings. The van der Waals surface area contributed by atoms with Gasteiger partial charge in [0.1, 0.15) is 5.82 Å². The van der Waals surface area contributed by atoms with Crippen molar-refractivity contribution in [2.24, 2.45) is 0 Å². The highest BCUT2D eigenvalue weighted by molar-refractivity contribution is 7.89. The summed E-state index contributed by atoms with van der Waals surface area (Å²) < 4.78 is 39.6. The van der Waals surface area contributed by atoms with Crippen LogP contribution in [-0.2, 0) is 14.8 Å². The van der Waals surface area contributed by atoms with Gasteiger partial charge in [0.15, 0.2) is 0 Å². The molecule has 1 atom stereocenters. The zero-order valence-electron chi connectivity index (χ0n) is 12.1. The van der Waals surface area contributed by atoms with Crippen LogP contribution in [0.25, 0.3) is 0 Å². The van der Waals surface area contributed by atoms with E-state index >= 15 is 0 Å². The first-order chi connectivity index (χ1) is 10.8. The van der Waals surface area contributed by atoms with Gasteiger partial charge in [-0.15, -0.1) is 0 Å². The number of hydrogen-bond donors (Lipinski definition) is 2. The van der Waals surface area contributed by atoms with Gasteiger partial charge in [0.25, 0.3) is 0 Å². The minimum absolute atomic E-state index is 0.0597. The van der Waals surface area contributed by atoms with Crippen LogP contribution in [0.1, 0.15) is 6.92 Å². The van der Waals surface area contributed by atoms with Crippen LogP contribution in [0.15, 0.2) is 53.4 Å². The van der Waals surface area contributed by atoms with Gasteiger partial charge in [-0.05, 0) is 37.3 Å². The maximum Gasteiger partial charge on any atom is 0.242 e. The maximum absolute atomic E-state index is 13.1. The summed E-state index contributed by atoms with van der Waals surface area (Å²) in [6.07, 6.45) is 0. The van der Waals surface area contributed by atoms with Gasteiger partial charge in [0.2, 0.25) is 15.9 Å². The lowest BCUT2D eigenvalue weighted by atomic mass is 10.3. The Balaban J connectivity index is 2.06. The molecule has 0 aliphatic heterocycles. The largest absolute Gasteiger partial charge is 0.325 e. The Hall–Kier alpha value is -1.96. The van der Waals surface area contributed by atoms with Crippen molar-refractivity contribution in [3.63, 3.8) is 0 Å². The van der Waals surface area contributed by atoms with Crippen LogP contribution in [0.2, 0.25) is 5.02 Å². The molecule has 0 heterocycles. The van der Waals surface area contributed by atoms with Crippen molar-refractivity contribution in [3.8, 4) is 0 Å². The second-order valence-electron chi connectivity index (χ2n) is 4.77. The maximum atomic E-state index is 13.1. The number of amides is 1. The molecule has 23 heavy (non-hydrogen) atoms. The molecule has 1 unspecified atom stereocenters. The molecule has 2 aromatic rings. The highest BCUT2D eigenvalue weighted by Crippen LogP contribution is 2.19. The molecule has 2 N–H and O–H groups in total. The number of carbonyl (C=O) groups excluding carboxylic acids is 1. The Labute approximate surface area is 138 Å². The number of halogens is 2. The predicted molar refractivity (Wildman–Crippen MR) is 86.3 cm³/mol. The quantitative estimate of drug-likeness (QED) is 0.865. The minimum Gasteiger partial charge on any atom is -0.325 e. The van der Waals surface area contributed by atoms with Gasteiger partial charge in [0, 0.05) is 5.69 Å². The molecule has 0 radical (unpaired) electrons. The summed E-state index contributed by atoms with van der Waals surface area (Å²) in [7, 11) is -3.81. The van der Waals surface area contributed by atoms with Gasteiger partial charge < -0.3 is 5.32 Å². The molecule has 122 valence electrons. The number of hydrogen-bond acceptors (Lipinski definition) is 3. The van der Waals surface area contributed by atoms with Crippen molar-refractivity contribution in [2.45, 2.75) is 17.9 Å². The number of nitrogens with one attached hydrogen (secondary N) is 2.